The first-order chi connectivity index (χ1) is 22.6. The molecule has 2 aliphatic rings. The molecule has 0 unspecified atom stereocenters. The molecule has 2 N–H and O–H groups in total. The number of anilines is 4. The third-order valence-electron chi connectivity index (χ3n) is 8.92. The molecule has 0 amide bonds. The summed E-state index contributed by atoms with van der Waals surface area (Å²) in [5, 5.41) is 19.3. The van der Waals surface area contributed by atoms with Crippen molar-refractivity contribution in [1.82, 2.24) is 19.9 Å². The maximum Gasteiger partial charge on any atom is 0.228 e. The molecule has 0 bridgehead atoms. The van der Waals surface area contributed by atoms with Crippen molar-refractivity contribution in [3.8, 4) is 0 Å². The van der Waals surface area contributed by atoms with Crippen LogP contribution in [-0.2, 0) is 18.9 Å². The van der Waals surface area contributed by atoms with Gasteiger partial charge < -0.3 is 48.8 Å². The van der Waals surface area contributed by atoms with Gasteiger partial charge in [0.05, 0.1) is 12.2 Å². The second-order valence-corrected chi connectivity index (χ2v) is 12.1. The van der Waals surface area contributed by atoms with Gasteiger partial charge in [-0.25, -0.2) is 9.97 Å². The molecule has 4 heterocycles. The summed E-state index contributed by atoms with van der Waals surface area (Å²) in [5.74, 6) is 2.82. The SMILES string of the molecule is COCCCN(CCCOC)c1nc(N2CCC(OC)CC2)c2nc(N(CCCO)CCCO)nc(N3CCC(OC)CC3)c2n1. The molecule has 2 saturated heterocycles. The quantitative estimate of drug-likeness (QED) is 0.202. The number of rotatable bonds is 20. The predicted octanol–water partition coefficient (Wildman–Crippen LogP) is 2.10. The van der Waals surface area contributed by atoms with Crippen molar-refractivity contribution in [1.29, 1.82) is 0 Å². The number of piperidine rings is 2. The number of hydrogen-bond acceptors (Lipinski definition) is 14. The highest BCUT2D eigenvalue weighted by Crippen LogP contribution is 2.35. The van der Waals surface area contributed by atoms with E-state index in [-0.39, 0.29) is 25.4 Å². The van der Waals surface area contributed by atoms with E-state index in [1.54, 1.807) is 28.4 Å². The lowest BCUT2D eigenvalue weighted by molar-refractivity contribution is 0.0817. The van der Waals surface area contributed by atoms with Crippen molar-refractivity contribution in [2.24, 2.45) is 0 Å². The summed E-state index contributed by atoms with van der Waals surface area (Å²) < 4.78 is 22.2. The maximum absolute atomic E-state index is 9.67. The van der Waals surface area contributed by atoms with Crippen molar-refractivity contribution in [3.05, 3.63) is 0 Å². The molecule has 46 heavy (non-hydrogen) atoms. The fourth-order valence-electron chi connectivity index (χ4n) is 6.24. The van der Waals surface area contributed by atoms with Crippen LogP contribution in [0.5, 0.6) is 0 Å². The first kappa shape index (κ1) is 36.2. The monoisotopic (exact) mass is 648 g/mol. The van der Waals surface area contributed by atoms with Crippen LogP contribution < -0.4 is 19.6 Å². The molecule has 0 radical (unpaired) electrons. The van der Waals surface area contributed by atoms with Gasteiger partial charge in [0, 0.05) is 107 Å². The number of nitrogens with zero attached hydrogens (tertiary/aromatic N) is 8. The first-order valence-corrected chi connectivity index (χ1v) is 16.9. The second-order valence-electron chi connectivity index (χ2n) is 12.1. The van der Waals surface area contributed by atoms with E-state index >= 15 is 0 Å². The van der Waals surface area contributed by atoms with Gasteiger partial charge >= 0.3 is 0 Å². The van der Waals surface area contributed by atoms with Gasteiger partial charge in [0.25, 0.3) is 0 Å². The third kappa shape index (κ3) is 9.71. The molecule has 14 nitrogen and oxygen atoms in total. The topological polar surface area (TPSA) is 142 Å². The summed E-state index contributed by atoms with van der Waals surface area (Å²) in [7, 11) is 7.01. The Kier molecular flexibility index (Phi) is 15.2. The van der Waals surface area contributed by atoms with Crippen LogP contribution >= 0.6 is 0 Å². The number of methoxy groups -OCH3 is 4. The molecule has 0 aliphatic carbocycles. The minimum absolute atomic E-state index is 0.0642. The molecule has 2 aliphatic heterocycles. The Morgan fingerprint density at radius 1 is 0.587 bits per heavy atom. The van der Waals surface area contributed by atoms with Crippen molar-refractivity contribution >= 4 is 34.6 Å². The van der Waals surface area contributed by atoms with Crippen LogP contribution in [0.3, 0.4) is 0 Å². The largest absolute Gasteiger partial charge is 0.396 e. The Morgan fingerprint density at radius 3 is 1.28 bits per heavy atom. The fourth-order valence-corrected chi connectivity index (χ4v) is 6.24. The van der Waals surface area contributed by atoms with Crippen molar-refractivity contribution in [2.75, 3.05) is 127 Å². The molecule has 0 aromatic carbocycles. The van der Waals surface area contributed by atoms with Crippen LogP contribution in [0.15, 0.2) is 0 Å². The van der Waals surface area contributed by atoms with Gasteiger partial charge in [-0.3, -0.25) is 0 Å². The van der Waals surface area contributed by atoms with E-state index < -0.39 is 0 Å². The minimum Gasteiger partial charge on any atom is -0.396 e. The number of aliphatic hydroxyl groups excluding tert-OH is 2. The van der Waals surface area contributed by atoms with Crippen LogP contribution in [0.25, 0.3) is 11.0 Å². The van der Waals surface area contributed by atoms with E-state index in [0.717, 1.165) is 100 Å². The van der Waals surface area contributed by atoms with Gasteiger partial charge in [-0.2, -0.15) is 9.97 Å². The lowest BCUT2D eigenvalue weighted by Crippen LogP contribution is -2.39. The van der Waals surface area contributed by atoms with E-state index in [4.69, 9.17) is 38.9 Å². The summed E-state index contributed by atoms with van der Waals surface area (Å²) >= 11 is 0. The average molecular weight is 649 g/mol. The van der Waals surface area contributed by atoms with Crippen LogP contribution in [0.2, 0.25) is 0 Å². The van der Waals surface area contributed by atoms with Crippen LogP contribution in [0.1, 0.15) is 51.4 Å². The zero-order chi connectivity index (χ0) is 32.7. The standard InChI is InChI=1S/C32H56N8O6/c1-43-23-7-15-40(16-8-24-44-2)32-34-28-27(30(36-32)38-19-11-26(46-4)12-20-38)33-31(39(13-5-21-41)14-6-22-42)35-29(28)37-17-9-25(45-3)10-18-37/h25-26,41-42H,5-24H2,1-4H3. The van der Waals surface area contributed by atoms with Gasteiger partial charge in [-0.15, -0.1) is 0 Å². The lowest BCUT2D eigenvalue weighted by atomic mass is 10.1. The number of fused-ring (bicyclic) bond motifs is 1. The van der Waals surface area contributed by atoms with E-state index in [1.807, 2.05) is 0 Å². The second kappa shape index (κ2) is 19.3. The van der Waals surface area contributed by atoms with Crippen LogP contribution in [0, 0.1) is 0 Å². The molecule has 2 fully saturated rings. The molecule has 4 rings (SSSR count). The molecular formula is C32H56N8O6. The molecule has 2 aromatic rings. The van der Waals surface area contributed by atoms with E-state index in [9.17, 15) is 10.2 Å². The Labute approximate surface area is 274 Å². The Bertz CT molecular complexity index is 1150. The summed E-state index contributed by atoms with van der Waals surface area (Å²) in [6.45, 7) is 7.24. The maximum atomic E-state index is 9.67. The molecule has 0 saturated carbocycles. The van der Waals surface area contributed by atoms with Crippen molar-refractivity contribution in [3.63, 3.8) is 0 Å². The zero-order valence-electron chi connectivity index (χ0n) is 28.4. The summed E-state index contributed by atoms with van der Waals surface area (Å²) in [6, 6.07) is 0. The number of aromatic nitrogens is 4. The summed E-state index contributed by atoms with van der Waals surface area (Å²) in [6.07, 6.45) is 6.87. The molecule has 0 spiro atoms. The molecule has 0 atom stereocenters. The number of aliphatic hydroxyl groups is 2. The first-order valence-electron chi connectivity index (χ1n) is 16.9. The number of hydrogen-bond donors (Lipinski definition) is 2. The van der Waals surface area contributed by atoms with Gasteiger partial charge in [0.2, 0.25) is 11.9 Å². The Hall–Kier alpha value is -2.62. The minimum atomic E-state index is 0.0642. The lowest BCUT2D eigenvalue weighted by Gasteiger charge is -2.35. The fraction of sp³-hybridized carbons (Fsp3) is 0.812. The Balaban J connectivity index is 1.89. The zero-order valence-corrected chi connectivity index (χ0v) is 28.4. The van der Waals surface area contributed by atoms with Gasteiger partial charge in [0.15, 0.2) is 11.6 Å². The highest BCUT2D eigenvalue weighted by Gasteiger charge is 2.29. The summed E-state index contributed by atoms with van der Waals surface area (Å²) in [5.41, 5.74) is 1.46. The van der Waals surface area contributed by atoms with Crippen molar-refractivity contribution in [2.45, 2.75) is 63.6 Å². The highest BCUT2D eigenvalue weighted by molar-refractivity contribution is 5.95. The van der Waals surface area contributed by atoms with E-state index in [1.165, 1.54) is 0 Å². The Morgan fingerprint density at radius 2 is 0.957 bits per heavy atom. The molecule has 2 aromatic heterocycles. The molecule has 260 valence electrons. The third-order valence-corrected chi connectivity index (χ3v) is 8.92. The average Bonchev–Trinajstić information content (AvgIpc) is 3.10. The normalized spacial score (nSPS) is 16.5. The molecular weight excluding hydrogens is 592 g/mol. The van der Waals surface area contributed by atoms with Crippen LogP contribution in [0.4, 0.5) is 23.5 Å². The van der Waals surface area contributed by atoms with Gasteiger partial charge in [0.1, 0.15) is 11.0 Å². The van der Waals surface area contributed by atoms with E-state index in [0.29, 0.717) is 51.0 Å². The predicted molar refractivity (Wildman–Crippen MR) is 180 cm³/mol. The van der Waals surface area contributed by atoms with Gasteiger partial charge in [-0.1, -0.05) is 0 Å². The van der Waals surface area contributed by atoms with Crippen LogP contribution in [-0.4, -0.2) is 150 Å². The smallest absolute Gasteiger partial charge is 0.228 e. The highest BCUT2D eigenvalue weighted by atomic mass is 16.5. The van der Waals surface area contributed by atoms with Crippen molar-refractivity contribution < 1.29 is 29.2 Å². The van der Waals surface area contributed by atoms with E-state index in [2.05, 4.69) is 19.6 Å². The molecule has 14 heteroatoms. The van der Waals surface area contributed by atoms with Gasteiger partial charge in [-0.05, 0) is 51.4 Å². The summed E-state index contributed by atoms with van der Waals surface area (Å²) in [4.78, 5) is 29.8. The number of ether oxygens (including phenoxy) is 4.